The lowest BCUT2D eigenvalue weighted by Crippen LogP contribution is -1.93. The third kappa shape index (κ3) is 3.07. The first-order chi connectivity index (χ1) is 10.2. The van der Waals surface area contributed by atoms with Gasteiger partial charge in [-0.2, -0.15) is 5.10 Å². The Kier molecular flexibility index (Phi) is 3.63. The fourth-order valence-corrected chi connectivity index (χ4v) is 1.83. The van der Waals surface area contributed by atoms with Gasteiger partial charge in [0.15, 0.2) is 5.15 Å². The number of rotatable bonds is 1. The number of benzene rings is 1. The Morgan fingerprint density at radius 3 is 2.48 bits per heavy atom. The largest absolute Gasteiger partial charge is 0.238 e. The van der Waals surface area contributed by atoms with Gasteiger partial charge in [0, 0.05) is 18.6 Å². The van der Waals surface area contributed by atoms with Crippen LogP contribution < -0.4 is 0 Å². The summed E-state index contributed by atoms with van der Waals surface area (Å²) in [5, 5.41) is 4.41. The van der Waals surface area contributed by atoms with Crippen LogP contribution in [0.2, 0.25) is 5.15 Å². The minimum Gasteiger partial charge on any atom is -0.238 e. The van der Waals surface area contributed by atoms with Crippen LogP contribution in [0.1, 0.15) is 11.4 Å². The molecule has 3 rings (SSSR count). The van der Waals surface area contributed by atoms with Gasteiger partial charge in [0.1, 0.15) is 5.82 Å². The number of hydrogen-bond donors (Lipinski definition) is 0. The van der Waals surface area contributed by atoms with Gasteiger partial charge in [0.05, 0.1) is 11.3 Å². The van der Waals surface area contributed by atoms with Gasteiger partial charge in [-0.05, 0) is 36.3 Å². The van der Waals surface area contributed by atoms with Gasteiger partial charge < -0.3 is 0 Å². The van der Waals surface area contributed by atoms with Crippen molar-refractivity contribution in [1.82, 2.24) is 19.7 Å². The van der Waals surface area contributed by atoms with Crippen LogP contribution in [0.5, 0.6) is 0 Å². The molecule has 3 aromatic rings. The van der Waals surface area contributed by atoms with Crippen LogP contribution >= 0.6 is 11.6 Å². The van der Waals surface area contributed by atoms with E-state index in [0.717, 1.165) is 0 Å². The van der Waals surface area contributed by atoms with Crippen molar-refractivity contribution in [2.45, 2.75) is 0 Å². The highest BCUT2D eigenvalue weighted by molar-refractivity contribution is 6.30. The molecular formula is C15H8ClFN4. The molecule has 0 amide bonds. The van der Waals surface area contributed by atoms with E-state index in [1.54, 1.807) is 36.8 Å². The maximum absolute atomic E-state index is 12.9. The van der Waals surface area contributed by atoms with E-state index in [9.17, 15) is 4.39 Å². The fourth-order valence-electron chi connectivity index (χ4n) is 1.65. The SMILES string of the molecule is Fc1ccc(-n2cc(C#Cc3ncccn3)c(Cl)n2)cc1. The fraction of sp³-hybridized carbons (Fsp3) is 0. The molecule has 0 saturated carbocycles. The molecule has 0 aliphatic heterocycles. The monoisotopic (exact) mass is 298 g/mol. The second-order valence-electron chi connectivity index (χ2n) is 4.08. The molecular weight excluding hydrogens is 291 g/mol. The zero-order chi connectivity index (χ0) is 14.7. The van der Waals surface area contributed by atoms with E-state index in [2.05, 4.69) is 26.9 Å². The minimum atomic E-state index is -0.307. The van der Waals surface area contributed by atoms with E-state index in [4.69, 9.17) is 11.6 Å². The summed E-state index contributed by atoms with van der Waals surface area (Å²) in [6.45, 7) is 0. The summed E-state index contributed by atoms with van der Waals surface area (Å²) < 4.78 is 14.4. The zero-order valence-corrected chi connectivity index (χ0v) is 11.4. The van der Waals surface area contributed by atoms with Crippen molar-refractivity contribution in [3.05, 3.63) is 71.3 Å². The van der Waals surface area contributed by atoms with E-state index in [1.807, 2.05) is 0 Å². The van der Waals surface area contributed by atoms with E-state index >= 15 is 0 Å². The van der Waals surface area contributed by atoms with Crippen molar-refractivity contribution in [1.29, 1.82) is 0 Å². The van der Waals surface area contributed by atoms with Crippen molar-refractivity contribution in [2.24, 2.45) is 0 Å². The summed E-state index contributed by atoms with van der Waals surface area (Å²) in [4.78, 5) is 8.00. The molecule has 102 valence electrons. The van der Waals surface area contributed by atoms with Gasteiger partial charge in [-0.3, -0.25) is 0 Å². The lowest BCUT2D eigenvalue weighted by molar-refractivity contribution is 0.627. The van der Waals surface area contributed by atoms with Crippen LogP contribution in [0.25, 0.3) is 5.69 Å². The van der Waals surface area contributed by atoms with E-state index < -0.39 is 0 Å². The van der Waals surface area contributed by atoms with Gasteiger partial charge in [-0.1, -0.05) is 17.5 Å². The summed E-state index contributed by atoms with van der Waals surface area (Å²) in [5.41, 5.74) is 1.25. The third-order valence-electron chi connectivity index (χ3n) is 2.64. The standard InChI is InChI=1S/C15H8ClFN4/c16-15-11(2-7-14-18-8-1-9-19-14)10-21(20-15)13-5-3-12(17)4-6-13/h1,3-6,8-10H. The molecule has 21 heavy (non-hydrogen) atoms. The smallest absolute Gasteiger partial charge is 0.205 e. The summed E-state index contributed by atoms with van der Waals surface area (Å²) in [7, 11) is 0. The van der Waals surface area contributed by atoms with Gasteiger partial charge in [0.25, 0.3) is 0 Å². The Hall–Kier alpha value is -2.71. The van der Waals surface area contributed by atoms with Gasteiger partial charge >= 0.3 is 0 Å². The second-order valence-corrected chi connectivity index (χ2v) is 4.43. The molecule has 0 atom stereocenters. The molecule has 6 heteroatoms. The first-order valence-electron chi connectivity index (χ1n) is 6.02. The first-order valence-corrected chi connectivity index (χ1v) is 6.40. The van der Waals surface area contributed by atoms with Gasteiger partial charge in [0.2, 0.25) is 5.82 Å². The van der Waals surface area contributed by atoms with Crippen molar-refractivity contribution in [3.8, 4) is 17.5 Å². The molecule has 0 N–H and O–H groups in total. The molecule has 0 saturated heterocycles. The normalized spacial score (nSPS) is 10.0. The Morgan fingerprint density at radius 1 is 1.05 bits per heavy atom. The highest BCUT2D eigenvalue weighted by atomic mass is 35.5. The predicted molar refractivity (Wildman–Crippen MR) is 76.5 cm³/mol. The topological polar surface area (TPSA) is 43.6 Å². The third-order valence-corrected chi connectivity index (χ3v) is 2.91. The predicted octanol–water partition coefficient (Wildman–Crippen LogP) is 2.85. The average Bonchev–Trinajstić information content (AvgIpc) is 2.88. The Bertz CT molecular complexity index is 816. The number of halogens is 2. The van der Waals surface area contributed by atoms with Crippen molar-refractivity contribution >= 4 is 11.6 Å². The highest BCUT2D eigenvalue weighted by Gasteiger charge is 2.06. The molecule has 0 spiro atoms. The minimum absolute atomic E-state index is 0.266. The van der Waals surface area contributed by atoms with Crippen molar-refractivity contribution in [2.75, 3.05) is 0 Å². The van der Waals surface area contributed by atoms with E-state index in [0.29, 0.717) is 17.1 Å². The van der Waals surface area contributed by atoms with Gasteiger partial charge in [-0.15, -0.1) is 0 Å². The molecule has 0 aliphatic rings. The Morgan fingerprint density at radius 2 is 1.76 bits per heavy atom. The van der Waals surface area contributed by atoms with Crippen LogP contribution in [0.15, 0.2) is 48.9 Å². The summed E-state index contributed by atoms with van der Waals surface area (Å²) in [6.07, 6.45) is 4.90. The molecule has 1 aromatic carbocycles. The van der Waals surface area contributed by atoms with E-state index in [1.165, 1.54) is 16.8 Å². The maximum Gasteiger partial charge on any atom is 0.205 e. The maximum atomic E-state index is 12.9. The van der Waals surface area contributed by atoms with Gasteiger partial charge in [-0.25, -0.2) is 19.0 Å². The molecule has 2 aromatic heterocycles. The number of nitrogens with zero attached hydrogens (tertiary/aromatic N) is 4. The average molecular weight is 299 g/mol. The Balaban J connectivity index is 1.92. The first kappa shape index (κ1) is 13.3. The molecule has 0 bridgehead atoms. The Labute approximate surface area is 125 Å². The van der Waals surface area contributed by atoms with Crippen LogP contribution in [0.3, 0.4) is 0 Å². The van der Waals surface area contributed by atoms with Crippen LogP contribution in [0.4, 0.5) is 4.39 Å². The molecule has 0 radical (unpaired) electrons. The molecule has 0 fully saturated rings. The zero-order valence-electron chi connectivity index (χ0n) is 10.7. The molecule has 0 unspecified atom stereocenters. The lowest BCUT2D eigenvalue weighted by Gasteiger charge is -1.99. The number of hydrogen-bond acceptors (Lipinski definition) is 3. The van der Waals surface area contributed by atoms with Crippen molar-refractivity contribution < 1.29 is 4.39 Å². The van der Waals surface area contributed by atoms with E-state index in [-0.39, 0.29) is 11.0 Å². The molecule has 2 heterocycles. The van der Waals surface area contributed by atoms with Crippen LogP contribution in [-0.2, 0) is 0 Å². The quantitative estimate of drug-likeness (QED) is 0.649. The van der Waals surface area contributed by atoms with Crippen LogP contribution in [0, 0.1) is 17.7 Å². The van der Waals surface area contributed by atoms with Crippen molar-refractivity contribution in [3.63, 3.8) is 0 Å². The molecule has 0 aliphatic carbocycles. The summed E-state index contributed by atoms with van der Waals surface area (Å²) >= 11 is 6.04. The van der Waals surface area contributed by atoms with Crippen LogP contribution in [-0.4, -0.2) is 19.7 Å². The number of aromatic nitrogens is 4. The summed E-state index contributed by atoms with van der Waals surface area (Å²) in [5.74, 6) is 5.77. The lowest BCUT2D eigenvalue weighted by atomic mass is 10.3. The highest BCUT2D eigenvalue weighted by Crippen LogP contribution is 2.16. The summed E-state index contributed by atoms with van der Waals surface area (Å²) in [6, 6.07) is 7.64. The second kappa shape index (κ2) is 5.73. The molecule has 4 nitrogen and oxygen atoms in total.